The van der Waals surface area contributed by atoms with E-state index >= 15 is 0 Å². The van der Waals surface area contributed by atoms with E-state index in [9.17, 15) is 8.78 Å². The highest BCUT2D eigenvalue weighted by atomic mass is 19.3. The number of nitrogens with one attached hydrogen (secondary N) is 1. The number of unbranched alkanes of at least 4 members (excludes halogenated alkanes) is 2. The third kappa shape index (κ3) is 9.27. The fraction of sp³-hybridized carbons (Fsp3) is 0.600. The number of benzene rings is 1. The normalized spacial score (nSPS) is 21.3. The lowest BCUT2D eigenvalue weighted by Crippen LogP contribution is -2.30. The molecule has 0 radical (unpaired) electrons. The number of hydrogen-bond donors (Lipinski definition) is 1. The van der Waals surface area contributed by atoms with E-state index in [4.69, 9.17) is 9.47 Å². The highest BCUT2D eigenvalue weighted by Gasteiger charge is 2.31. The summed E-state index contributed by atoms with van der Waals surface area (Å²) in [6, 6.07) is 9.61. The van der Waals surface area contributed by atoms with Crippen LogP contribution in [0.3, 0.4) is 0 Å². The zero-order valence-electron chi connectivity index (χ0n) is 25.2. The van der Waals surface area contributed by atoms with Gasteiger partial charge in [0.1, 0.15) is 5.75 Å². The van der Waals surface area contributed by atoms with Crippen LogP contribution < -0.4 is 10.1 Å². The Labute approximate surface area is 246 Å². The molecular weight excluding hydrogens is 518 g/mol. The number of rotatable bonds is 13. The van der Waals surface area contributed by atoms with Gasteiger partial charge in [-0.3, -0.25) is 0 Å². The fourth-order valence-corrected chi connectivity index (χ4v) is 6.51. The maximum absolute atomic E-state index is 13.5. The van der Waals surface area contributed by atoms with E-state index < -0.39 is 6.11 Å². The standard InChI is InChI=1S/C35H50F2N2O2/c1-4-6-8-11-30(32-20-23-39(34(32)13-7-5-2)25-27-18-21-38-22-19-27)31-12-9-10-24-40-26-33(31)28-14-16-29(17-15-28)41-35(3,36)37/h4,11,14-17,20,23,27,31,33,38H,1,5-10,12-13,18-19,21-22,24-26H2,2-3H3/b30-11-. The van der Waals surface area contributed by atoms with Crippen LogP contribution in [-0.4, -0.2) is 37.0 Å². The molecule has 0 bridgehead atoms. The number of piperidine rings is 1. The van der Waals surface area contributed by atoms with Crippen molar-refractivity contribution in [2.75, 3.05) is 26.3 Å². The molecule has 0 aliphatic carbocycles. The van der Waals surface area contributed by atoms with Gasteiger partial charge in [0.05, 0.1) is 6.61 Å². The van der Waals surface area contributed by atoms with Crippen molar-refractivity contribution in [3.63, 3.8) is 0 Å². The molecule has 2 aromatic rings. The second kappa shape index (κ2) is 15.7. The lowest BCUT2D eigenvalue weighted by Gasteiger charge is -2.33. The van der Waals surface area contributed by atoms with Crippen molar-refractivity contribution in [3.05, 3.63) is 72.1 Å². The lowest BCUT2D eigenvalue weighted by atomic mass is 9.75. The Balaban J connectivity index is 1.71. The van der Waals surface area contributed by atoms with Crippen molar-refractivity contribution in [1.29, 1.82) is 0 Å². The molecule has 1 aromatic carbocycles. The van der Waals surface area contributed by atoms with Crippen LogP contribution in [0.25, 0.3) is 5.57 Å². The Bertz CT molecular complexity index is 1100. The molecule has 1 aromatic heterocycles. The summed E-state index contributed by atoms with van der Waals surface area (Å²) in [4.78, 5) is 0. The van der Waals surface area contributed by atoms with Crippen LogP contribution in [0.4, 0.5) is 8.78 Å². The highest BCUT2D eigenvalue weighted by molar-refractivity contribution is 5.71. The van der Waals surface area contributed by atoms with Gasteiger partial charge in [0, 0.05) is 37.9 Å². The first kappa shape index (κ1) is 31.5. The van der Waals surface area contributed by atoms with Gasteiger partial charge in [-0.1, -0.05) is 44.1 Å². The molecule has 3 heterocycles. The third-order valence-corrected chi connectivity index (χ3v) is 8.65. The van der Waals surface area contributed by atoms with Crippen molar-refractivity contribution < 1.29 is 18.3 Å². The zero-order valence-corrected chi connectivity index (χ0v) is 25.2. The maximum atomic E-state index is 13.5. The van der Waals surface area contributed by atoms with Crippen molar-refractivity contribution in [2.24, 2.45) is 11.8 Å². The number of alkyl halides is 2. The number of nitrogens with zero attached hydrogens (tertiary/aromatic N) is 1. The van der Waals surface area contributed by atoms with Gasteiger partial charge in [-0.2, -0.15) is 8.78 Å². The van der Waals surface area contributed by atoms with Crippen molar-refractivity contribution in [2.45, 2.75) is 96.6 Å². The quantitative estimate of drug-likeness (QED) is 0.194. The van der Waals surface area contributed by atoms with Gasteiger partial charge in [0.15, 0.2) is 0 Å². The average Bonchev–Trinajstić information content (AvgIpc) is 3.32. The van der Waals surface area contributed by atoms with Crippen LogP contribution in [0.5, 0.6) is 5.75 Å². The summed E-state index contributed by atoms with van der Waals surface area (Å²) in [5, 5.41) is 3.51. The van der Waals surface area contributed by atoms with Gasteiger partial charge >= 0.3 is 6.11 Å². The van der Waals surface area contributed by atoms with E-state index in [0.29, 0.717) is 12.5 Å². The number of halogens is 2. The Morgan fingerprint density at radius 1 is 1.12 bits per heavy atom. The molecule has 2 saturated heterocycles. The summed E-state index contributed by atoms with van der Waals surface area (Å²) in [6.07, 6.45) is 14.6. The Hall–Kier alpha value is -2.44. The monoisotopic (exact) mass is 568 g/mol. The predicted octanol–water partition coefficient (Wildman–Crippen LogP) is 8.77. The number of aromatic nitrogens is 1. The van der Waals surface area contributed by atoms with E-state index in [1.165, 1.54) is 42.5 Å². The van der Waals surface area contributed by atoms with E-state index in [1.54, 1.807) is 12.1 Å². The summed E-state index contributed by atoms with van der Waals surface area (Å²) in [5.41, 5.74) is 5.38. The first-order valence-corrected chi connectivity index (χ1v) is 15.8. The van der Waals surface area contributed by atoms with Crippen LogP contribution >= 0.6 is 0 Å². The molecule has 0 saturated carbocycles. The number of hydrogen-bond acceptors (Lipinski definition) is 3. The molecule has 41 heavy (non-hydrogen) atoms. The molecular formula is C35H50F2N2O2. The minimum atomic E-state index is -3.20. The van der Waals surface area contributed by atoms with Crippen molar-refractivity contribution >= 4 is 5.57 Å². The van der Waals surface area contributed by atoms with Gasteiger partial charge in [-0.05, 0) is 111 Å². The third-order valence-electron chi connectivity index (χ3n) is 8.65. The van der Waals surface area contributed by atoms with Gasteiger partial charge in [-0.25, -0.2) is 0 Å². The fourth-order valence-electron chi connectivity index (χ4n) is 6.51. The van der Waals surface area contributed by atoms with Crippen LogP contribution in [-0.2, 0) is 17.7 Å². The molecule has 2 atom stereocenters. The molecule has 0 spiro atoms. The maximum Gasteiger partial charge on any atom is 0.394 e. The summed E-state index contributed by atoms with van der Waals surface area (Å²) in [6.45, 7) is 11.7. The average molecular weight is 569 g/mol. The Morgan fingerprint density at radius 2 is 1.90 bits per heavy atom. The van der Waals surface area contributed by atoms with E-state index in [2.05, 4.69) is 41.7 Å². The smallest absolute Gasteiger partial charge is 0.394 e. The predicted molar refractivity (Wildman–Crippen MR) is 165 cm³/mol. The molecule has 2 fully saturated rings. The summed E-state index contributed by atoms with van der Waals surface area (Å²) in [7, 11) is 0. The summed E-state index contributed by atoms with van der Waals surface area (Å²) in [5.74, 6) is 1.30. The van der Waals surface area contributed by atoms with Crippen molar-refractivity contribution in [1.82, 2.24) is 9.88 Å². The van der Waals surface area contributed by atoms with E-state index in [0.717, 1.165) is 77.3 Å². The molecule has 1 N–H and O–H groups in total. The number of allylic oxidation sites excluding steroid dienone is 3. The minimum Gasteiger partial charge on any atom is -0.433 e. The van der Waals surface area contributed by atoms with Crippen LogP contribution in [0.2, 0.25) is 0 Å². The topological polar surface area (TPSA) is 35.4 Å². The molecule has 6 heteroatoms. The van der Waals surface area contributed by atoms with Gasteiger partial charge in [-0.15, -0.1) is 6.58 Å². The van der Waals surface area contributed by atoms with Crippen LogP contribution in [0.1, 0.15) is 94.4 Å². The first-order valence-electron chi connectivity index (χ1n) is 15.8. The molecule has 4 nitrogen and oxygen atoms in total. The SMILES string of the molecule is C=CCC/C=C(\c1ccn(CC2CCNCC2)c1CCCC)C1CCCCOCC1c1ccc(OC(C)(F)F)cc1. The molecule has 2 aliphatic rings. The molecule has 226 valence electrons. The molecule has 0 amide bonds. The summed E-state index contributed by atoms with van der Waals surface area (Å²) < 4.78 is 40.5. The van der Waals surface area contributed by atoms with E-state index in [-0.39, 0.29) is 17.6 Å². The molecule has 2 aliphatic heterocycles. The molecule has 2 unspecified atom stereocenters. The van der Waals surface area contributed by atoms with Gasteiger partial charge < -0.3 is 19.4 Å². The van der Waals surface area contributed by atoms with Crippen LogP contribution in [0, 0.1) is 11.8 Å². The minimum absolute atomic E-state index is 0.133. The van der Waals surface area contributed by atoms with E-state index in [1.807, 2.05) is 18.2 Å². The zero-order chi connectivity index (χ0) is 29.1. The second-order valence-electron chi connectivity index (χ2n) is 11.9. The largest absolute Gasteiger partial charge is 0.433 e. The summed E-state index contributed by atoms with van der Waals surface area (Å²) >= 11 is 0. The second-order valence-corrected chi connectivity index (χ2v) is 11.9. The number of ether oxygens (including phenoxy) is 2. The van der Waals surface area contributed by atoms with Gasteiger partial charge in [0.2, 0.25) is 0 Å². The lowest BCUT2D eigenvalue weighted by molar-refractivity contribution is -0.158. The highest BCUT2D eigenvalue weighted by Crippen LogP contribution is 2.42. The molecule has 4 rings (SSSR count). The van der Waals surface area contributed by atoms with Crippen LogP contribution in [0.15, 0.2) is 55.3 Å². The Kier molecular flexibility index (Phi) is 12.1. The van der Waals surface area contributed by atoms with Crippen molar-refractivity contribution in [3.8, 4) is 5.75 Å². The van der Waals surface area contributed by atoms with Gasteiger partial charge in [0.25, 0.3) is 0 Å². The Morgan fingerprint density at radius 3 is 2.61 bits per heavy atom. The first-order chi connectivity index (χ1) is 19.9.